The summed E-state index contributed by atoms with van der Waals surface area (Å²) in [6, 6.07) is 6.51. The van der Waals surface area contributed by atoms with Crippen molar-refractivity contribution >= 4 is 23.2 Å². The van der Waals surface area contributed by atoms with E-state index in [2.05, 4.69) is 15.3 Å². The zero-order valence-corrected chi connectivity index (χ0v) is 10.8. The van der Waals surface area contributed by atoms with Crippen molar-refractivity contribution in [2.24, 2.45) is 5.73 Å². The van der Waals surface area contributed by atoms with Gasteiger partial charge >= 0.3 is 5.69 Å². The van der Waals surface area contributed by atoms with Gasteiger partial charge in [-0.1, -0.05) is 12.1 Å². The van der Waals surface area contributed by atoms with Crippen LogP contribution in [-0.2, 0) is 6.54 Å². The van der Waals surface area contributed by atoms with Crippen LogP contribution < -0.4 is 16.8 Å². The van der Waals surface area contributed by atoms with Gasteiger partial charge in [0.1, 0.15) is 6.33 Å². The maximum absolute atomic E-state index is 10.9. The highest BCUT2D eigenvalue weighted by atomic mass is 16.6. The molecule has 0 saturated carbocycles. The van der Waals surface area contributed by atoms with Gasteiger partial charge in [-0.3, -0.25) is 14.9 Å². The second-order valence-electron chi connectivity index (χ2n) is 4.13. The summed E-state index contributed by atoms with van der Waals surface area (Å²) in [4.78, 5) is 28.6. The van der Waals surface area contributed by atoms with Gasteiger partial charge in [-0.05, 0) is 17.7 Å². The van der Waals surface area contributed by atoms with Crippen LogP contribution in [-0.4, -0.2) is 20.8 Å². The zero-order valence-electron chi connectivity index (χ0n) is 10.8. The first-order chi connectivity index (χ1) is 9.99. The number of benzene rings is 1. The summed E-state index contributed by atoms with van der Waals surface area (Å²) in [5.41, 5.74) is 11.4. The zero-order chi connectivity index (χ0) is 15.4. The molecule has 5 N–H and O–H groups in total. The molecule has 1 aromatic heterocycles. The van der Waals surface area contributed by atoms with Gasteiger partial charge in [-0.2, -0.15) is 0 Å². The SMILES string of the molecule is NC(=O)c1ccc(CNc2ncnc(N)c2[N+](=O)[O-])cc1. The van der Waals surface area contributed by atoms with E-state index in [0.29, 0.717) is 5.56 Å². The Morgan fingerprint density at radius 1 is 1.29 bits per heavy atom. The highest BCUT2D eigenvalue weighted by Gasteiger charge is 2.20. The molecule has 0 unspecified atom stereocenters. The average molecular weight is 288 g/mol. The lowest BCUT2D eigenvalue weighted by atomic mass is 10.1. The highest BCUT2D eigenvalue weighted by molar-refractivity contribution is 5.92. The molecule has 1 aromatic carbocycles. The molecule has 0 bridgehead atoms. The van der Waals surface area contributed by atoms with E-state index in [1.165, 1.54) is 0 Å². The Morgan fingerprint density at radius 2 is 1.95 bits per heavy atom. The van der Waals surface area contributed by atoms with Crippen molar-refractivity contribution in [3.8, 4) is 0 Å². The normalized spacial score (nSPS) is 10.1. The Kier molecular flexibility index (Phi) is 3.93. The number of amides is 1. The molecular formula is C12H12N6O3. The third-order valence-electron chi connectivity index (χ3n) is 2.73. The van der Waals surface area contributed by atoms with E-state index in [4.69, 9.17) is 11.5 Å². The molecule has 2 rings (SSSR count). The van der Waals surface area contributed by atoms with Crippen molar-refractivity contribution < 1.29 is 9.72 Å². The lowest BCUT2D eigenvalue weighted by molar-refractivity contribution is -0.383. The predicted octanol–water partition coefficient (Wildman–Crippen LogP) is 0.678. The first kappa shape index (κ1) is 14.2. The summed E-state index contributed by atoms with van der Waals surface area (Å²) < 4.78 is 0. The van der Waals surface area contributed by atoms with Crippen LogP contribution in [0.5, 0.6) is 0 Å². The molecule has 0 spiro atoms. The largest absolute Gasteiger partial charge is 0.378 e. The molecule has 0 aliphatic heterocycles. The quantitative estimate of drug-likeness (QED) is 0.540. The predicted molar refractivity (Wildman–Crippen MR) is 75.4 cm³/mol. The third kappa shape index (κ3) is 3.21. The Balaban J connectivity index is 2.15. The lowest BCUT2D eigenvalue weighted by Gasteiger charge is -2.07. The minimum atomic E-state index is -0.645. The monoisotopic (exact) mass is 288 g/mol. The van der Waals surface area contributed by atoms with Crippen LogP contribution in [0.25, 0.3) is 0 Å². The van der Waals surface area contributed by atoms with Crippen LogP contribution in [0.1, 0.15) is 15.9 Å². The second-order valence-corrected chi connectivity index (χ2v) is 4.13. The molecule has 1 heterocycles. The van der Waals surface area contributed by atoms with Crippen molar-refractivity contribution in [3.05, 3.63) is 51.8 Å². The van der Waals surface area contributed by atoms with Crippen LogP contribution in [0.2, 0.25) is 0 Å². The number of hydrogen-bond donors (Lipinski definition) is 3. The summed E-state index contributed by atoms with van der Waals surface area (Å²) in [5, 5.41) is 13.7. The second kappa shape index (κ2) is 5.82. The van der Waals surface area contributed by atoms with Crippen LogP contribution in [0.3, 0.4) is 0 Å². The van der Waals surface area contributed by atoms with Gasteiger partial charge in [0.15, 0.2) is 0 Å². The minimum Gasteiger partial charge on any atom is -0.378 e. The average Bonchev–Trinajstić information content (AvgIpc) is 2.45. The molecule has 0 saturated heterocycles. The first-order valence-electron chi connectivity index (χ1n) is 5.86. The van der Waals surface area contributed by atoms with Crippen molar-refractivity contribution in [2.75, 3.05) is 11.1 Å². The Labute approximate surface area is 119 Å². The number of hydrogen-bond acceptors (Lipinski definition) is 7. The molecule has 21 heavy (non-hydrogen) atoms. The van der Waals surface area contributed by atoms with Gasteiger partial charge < -0.3 is 16.8 Å². The van der Waals surface area contributed by atoms with Gasteiger partial charge in [0.05, 0.1) is 4.92 Å². The first-order valence-corrected chi connectivity index (χ1v) is 5.86. The van der Waals surface area contributed by atoms with Gasteiger partial charge in [0.25, 0.3) is 0 Å². The van der Waals surface area contributed by atoms with E-state index in [1.807, 2.05) is 0 Å². The minimum absolute atomic E-state index is 0.0338. The number of nitrogens with two attached hydrogens (primary N) is 2. The number of primary amides is 1. The van der Waals surface area contributed by atoms with E-state index in [0.717, 1.165) is 11.9 Å². The summed E-state index contributed by atoms with van der Waals surface area (Å²) in [6.07, 6.45) is 1.14. The van der Waals surface area contributed by atoms with Crippen LogP contribution >= 0.6 is 0 Å². The fraction of sp³-hybridized carbons (Fsp3) is 0.0833. The highest BCUT2D eigenvalue weighted by Crippen LogP contribution is 2.26. The van der Waals surface area contributed by atoms with Gasteiger partial charge in [-0.15, -0.1) is 0 Å². The molecule has 0 atom stereocenters. The van der Waals surface area contributed by atoms with Crippen LogP contribution in [0, 0.1) is 10.1 Å². The molecule has 0 radical (unpaired) electrons. The molecule has 108 valence electrons. The fourth-order valence-corrected chi connectivity index (χ4v) is 1.67. The number of nitrogens with one attached hydrogen (secondary N) is 1. The summed E-state index contributed by atoms with van der Waals surface area (Å²) in [6.45, 7) is 0.274. The Bertz CT molecular complexity index is 686. The standard InChI is InChI=1S/C12H12N6O3/c13-10-9(18(20)21)12(17-6-16-10)15-5-7-1-3-8(4-2-7)11(14)19/h1-4,6H,5H2,(H2,14,19)(H3,13,15,16,17). The number of nitrogens with zero attached hydrogens (tertiary/aromatic N) is 3. The van der Waals surface area contributed by atoms with Crippen molar-refractivity contribution in [2.45, 2.75) is 6.54 Å². The smallest absolute Gasteiger partial charge is 0.352 e. The lowest BCUT2D eigenvalue weighted by Crippen LogP contribution is -2.11. The van der Waals surface area contributed by atoms with E-state index in [-0.39, 0.29) is 23.9 Å². The molecular weight excluding hydrogens is 276 g/mol. The number of aromatic nitrogens is 2. The fourth-order valence-electron chi connectivity index (χ4n) is 1.67. The number of rotatable bonds is 5. The summed E-state index contributed by atoms with van der Waals surface area (Å²) in [5.74, 6) is -0.693. The number of carbonyl (C=O) groups is 1. The van der Waals surface area contributed by atoms with Crippen molar-refractivity contribution in [1.29, 1.82) is 0 Å². The number of carbonyl (C=O) groups excluding carboxylic acids is 1. The molecule has 2 aromatic rings. The molecule has 9 heteroatoms. The van der Waals surface area contributed by atoms with E-state index in [9.17, 15) is 14.9 Å². The molecule has 0 aliphatic carbocycles. The summed E-state index contributed by atoms with van der Waals surface area (Å²) in [7, 11) is 0. The topological polar surface area (TPSA) is 150 Å². The Hall–Kier alpha value is -3.23. The molecule has 0 aliphatic rings. The number of anilines is 2. The van der Waals surface area contributed by atoms with Gasteiger partial charge in [-0.25, -0.2) is 9.97 Å². The Morgan fingerprint density at radius 3 is 2.52 bits per heavy atom. The van der Waals surface area contributed by atoms with Crippen molar-refractivity contribution in [1.82, 2.24) is 9.97 Å². The van der Waals surface area contributed by atoms with Crippen molar-refractivity contribution in [3.63, 3.8) is 0 Å². The molecule has 9 nitrogen and oxygen atoms in total. The number of nitro groups is 1. The number of nitrogen functional groups attached to an aromatic ring is 1. The third-order valence-corrected chi connectivity index (χ3v) is 2.73. The van der Waals surface area contributed by atoms with E-state index < -0.39 is 10.8 Å². The summed E-state index contributed by atoms with van der Waals surface area (Å²) >= 11 is 0. The van der Waals surface area contributed by atoms with Crippen LogP contribution in [0.4, 0.5) is 17.3 Å². The van der Waals surface area contributed by atoms with Crippen LogP contribution in [0.15, 0.2) is 30.6 Å². The van der Waals surface area contributed by atoms with E-state index in [1.54, 1.807) is 24.3 Å². The maximum Gasteiger partial charge on any atom is 0.352 e. The maximum atomic E-state index is 10.9. The molecule has 1 amide bonds. The van der Waals surface area contributed by atoms with E-state index >= 15 is 0 Å². The van der Waals surface area contributed by atoms with Gasteiger partial charge in [0, 0.05) is 12.1 Å². The van der Waals surface area contributed by atoms with Gasteiger partial charge in [0.2, 0.25) is 17.5 Å². The molecule has 0 fully saturated rings.